The van der Waals surface area contributed by atoms with Crippen molar-refractivity contribution in [3.05, 3.63) is 72.4 Å². The van der Waals surface area contributed by atoms with Crippen molar-refractivity contribution in [2.45, 2.75) is 13.8 Å². The molecular formula is C23H21N3O. The fourth-order valence-corrected chi connectivity index (χ4v) is 3.37. The zero-order valence-corrected chi connectivity index (χ0v) is 15.4. The second kappa shape index (κ2) is 7.08. The number of amides is 2. The Hall–Kier alpha value is -3.40. The number of urea groups is 1. The van der Waals surface area contributed by atoms with Crippen molar-refractivity contribution in [2.24, 2.45) is 0 Å². The van der Waals surface area contributed by atoms with Crippen LogP contribution in [0.2, 0.25) is 0 Å². The molecular weight excluding hydrogens is 334 g/mol. The highest BCUT2D eigenvalue weighted by Gasteiger charge is 2.07. The van der Waals surface area contributed by atoms with Gasteiger partial charge in [0.2, 0.25) is 0 Å². The minimum Gasteiger partial charge on any atom is -0.338 e. The highest BCUT2D eigenvalue weighted by Crippen LogP contribution is 2.30. The van der Waals surface area contributed by atoms with Crippen molar-refractivity contribution < 1.29 is 4.79 Å². The minimum absolute atomic E-state index is 0.244. The van der Waals surface area contributed by atoms with Crippen molar-refractivity contribution in [1.29, 1.82) is 0 Å². The smallest absolute Gasteiger partial charge is 0.320 e. The molecule has 4 nitrogen and oxygen atoms in total. The molecule has 0 atom stereocenters. The quantitative estimate of drug-likeness (QED) is 0.509. The summed E-state index contributed by atoms with van der Waals surface area (Å²) in [6.45, 7) is 4.54. The summed E-state index contributed by atoms with van der Waals surface area (Å²) in [5, 5.41) is 10.1. The summed E-state index contributed by atoms with van der Waals surface area (Å²) in [6.07, 6.45) is 1.82. The molecule has 4 heteroatoms. The third-order valence-corrected chi connectivity index (χ3v) is 4.71. The van der Waals surface area contributed by atoms with Crippen molar-refractivity contribution in [3.8, 4) is 11.1 Å². The number of benzene rings is 3. The predicted octanol–water partition coefficient (Wildman–Crippen LogP) is 5.50. The first kappa shape index (κ1) is 17.0. The molecule has 0 unspecified atom stereocenters. The minimum atomic E-state index is -0.244. The third kappa shape index (κ3) is 3.47. The lowest BCUT2D eigenvalue weighted by Crippen LogP contribution is -2.28. The number of anilines is 1. The Balaban J connectivity index is 1.77. The van der Waals surface area contributed by atoms with Crippen LogP contribution in [0.1, 0.15) is 12.5 Å². The fraction of sp³-hybridized carbons (Fsp3) is 0.130. The molecule has 0 bridgehead atoms. The fourth-order valence-electron chi connectivity index (χ4n) is 3.37. The molecule has 0 saturated heterocycles. The van der Waals surface area contributed by atoms with E-state index in [0.29, 0.717) is 12.4 Å². The zero-order chi connectivity index (χ0) is 18.8. The average molecular weight is 355 g/mol. The van der Waals surface area contributed by atoms with Crippen molar-refractivity contribution in [1.82, 2.24) is 10.3 Å². The summed E-state index contributed by atoms with van der Waals surface area (Å²) in [6, 6.07) is 20.9. The van der Waals surface area contributed by atoms with E-state index < -0.39 is 0 Å². The maximum Gasteiger partial charge on any atom is 0.320 e. The molecule has 2 N–H and O–H groups in total. The molecule has 0 fully saturated rings. The van der Waals surface area contributed by atoms with Crippen LogP contribution in [-0.2, 0) is 0 Å². The number of aryl methyl sites for hydroxylation is 1. The summed E-state index contributed by atoms with van der Waals surface area (Å²) in [4.78, 5) is 16.1. The van der Waals surface area contributed by atoms with E-state index in [0.717, 1.165) is 21.9 Å². The van der Waals surface area contributed by atoms with Gasteiger partial charge in [-0.3, -0.25) is 5.32 Å². The van der Waals surface area contributed by atoms with E-state index in [9.17, 15) is 4.79 Å². The second-order valence-corrected chi connectivity index (χ2v) is 6.63. The van der Waals surface area contributed by atoms with Crippen LogP contribution in [0.15, 0.2) is 66.9 Å². The van der Waals surface area contributed by atoms with Crippen LogP contribution >= 0.6 is 0 Å². The summed E-state index contributed by atoms with van der Waals surface area (Å²) in [5.41, 5.74) is 3.49. The number of carbonyl (C=O) groups is 1. The molecule has 27 heavy (non-hydrogen) atoms. The Morgan fingerprint density at radius 1 is 0.926 bits per heavy atom. The highest BCUT2D eigenvalue weighted by molar-refractivity contribution is 5.95. The van der Waals surface area contributed by atoms with Crippen molar-refractivity contribution >= 4 is 33.4 Å². The number of nitrogens with zero attached hydrogens (tertiary/aromatic N) is 1. The largest absolute Gasteiger partial charge is 0.338 e. The normalized spacial score (nSPS) is 10.9. The molecule has 0 aliphatic carbocycles. The van der Waals surface area contributed by atoms with Crippen molar-refractivity contribution in [3.63, 3.8) is 0 Å². The molecule has 2 amide bonds. The zero-order valence-electron chi connectivity index (χ0n) is 15.4. The first-order valence-corrected chi connectivity index (χ1v) is 9.08. The molecule has 134 valence electrons. The van der Waals surface area contributed by atoms with Gasteiger partial charge in [0.05, 0.1) is 0 Å². The van der Waals surface area contributed by atoms with Gasteiger partial charge in [-0.2, -0.15) is 0 Å². The third-order valence-electron chi connectivity index (χ3n) is 4.71. The molecule has 0 saturated carbocycles. The van der Waals surface area contributed by atoms with E-state index in [1.807, 2.05) is 19.2 Å². The lowest BCUT2D eigenvalue weighted by Gasteiger charge is -2.11. The van der Waals surface area contributed by atoms with E-state index in [1.165, 1.54) is 16.3 Å². The van der Waals surface area contributed by atoms with Gasteiger partial charge < -0.3 is 5.32 Å². The lowest BCUT2D eigenvalue weighted by atomic mass is 9.96. The van der Waals surface area contributed by atoms with Crippen molar-refractivity contribution in [2.75, 3.05) is 11.9 Å². The van der Waals surface area contributed by atoms with Crippen LogP contribution in [0.3, 0.4) is 0 Å². The Morgan fingerprint density at radius 2 is 1.70 bits per heavy atom. The van der Waals surface area contributed by atoms with Gasteiger partial charge in [0.25, 0.3) is 0 Å². The number of nitrogens with one attached hydrogen (secondary N) is 2. The molecule has 1 aromatic heterocycles. The van der Waals surface area contributed by atoms with Gasteiger partial charge in [0.1, 0.15) is 5.82 Å². The van der Waals surface area contributed by atoms with Crippen LogP contribution in [0, 0.1) is 6.92 Å². The van der Waals surface area contributed by atoms with Crippen LogP contribution in [0.4, 0.5) is 10.6 Å². The topological polar surface area (TPSA) is 54.0 Å². The molecule has 0 aliphatic rings. The highest BCUT2D eigenvalue weighted by atomic mass is 16.2. The first-order chi connectivity index (χ1) is 13.1. The average Bonchev–Trinajstić information content (AvgIpc) is 2.67. The number of hydrogen-bond donors (Lipinski definition) is 2. The SMILES string of the molecule is CCNC(=O)Nc1cc2cc(-c3ccc4ccccc4c3)cc(C)c2cn1. The van der Waals surface area contributed by atoms with E-state index >= 15 is 0 Å². The number of carbonyl (C=O) groups excluding carboxylic acids is 1. The molecule has 0 spiro atoms. The molecule has 0 radical (unpaired) electrons. The van der Waals surface area contributed by atoms with E-state index in [1.54, 1.807) is 0 Å². The first-order valence-electron chi connectivity index (χ1n) is 9.08. The molecule has 0 aliphatic heterocycles. The summed E-state index contributed by atoms with van der Waals surface area (Å²) in [7, 11) is 0. The summed E-state index contributed by atoms with van der Waals surface area (Å²) < 4.78 is 0. The maximum absolute atomic E-state index is 11.8. The molecule has 4 rings (SSSR count). The van der Waals surface area contributed by atoms with E-state index in [4.69, 9.17) is 0 Å². The van der Waals surface area contributed by atoms with Gasteiger partial charge in [-0.05, 0) is 64.9 Å². The number of aromatic nitrogens is 1. The number of hydrogen-bond acceptors (Lipinski definition) is 2. The molecule has 3 aromatic carbocycles. The maximum atomic E-state index is 11.8. The Morgan fingerprint density at radius 3 is 2.52 bits per heavy atom. The summed E-state index contributed by atoms with van der Waals surface area (Å²) >= 11 is 0. The monoisotopic (exact) mass is 355 g/mol. The number of pyridine rings is 1. The number of rotatable bonds is 3. The van der Waals surface area contributed by atoms with Crippen LogP contribution in [-0.4, -0.2) is 17.6 Å². The molecule has 1 heterocycles. The van der Waals surface area contributed by atoms with Gasteiger partial charge in [0, 0.05) is 18.1 Å². The molecule has 4 aromatic rings. The van der Waals surface area contributed by atoms with Gasteiger partial charge in [0.15, 0.2) is 0 Å². The van der Waals surface area contributed by atoms with Gasteiger partial charge in [-0.15, -0.1) is 0 Å². The standard InChI is InChI=1S/C23H21N3O/c1-3-24-23(27)26-22-13-20-12-19(10-15(2)21(20)14-25-22)18-9-8-16-6-4-5-7-17(16)11-18/h4-14H,3H2,1-2H3,(H2,24,25,26,27). The second-order valence-electron chi connectivity index (χ2n) is 6.63. The Kier molecular flexibility index (Phi) is 4.47. The summed E-state index contributed by atoms with van der Waals surface area (Å²) in [5.74, 6) is 0.545. The Labute approximate surface area is 158 Å². The van der Waals surface area contributed by atoms with Gasteiger partial charge in [-0.25, -0.2) is 9.78 Å². The Bertz CT molecular complexity index is 1150. The van der Waals surface area contributed by atoms with Crippen LogP contribution in [0.25, 0.3) is 32.7 Å². The number of fused-ring (bicyclic) bond motifs is 2. The van der Waals surface area contributed by atoms with Crippen LogP contribution in [0.5, 0.6) is 0 Å². The van der Waals surface area contributed by atoms with Gasteiger partial charge in [-0.1, -0.05) is 42.5 Å². The van der Waals surface area contributed by atoms with Gasteiger partial charge >= 0.3 is 6.03 Å². The van der Waals surface area contributed by atoms with E-state index in [-0.39, 0.29) is 6.03 Å². The van der Waals surface area contributed by atoms with E-state index in [2.05, 4.69) is 77.1 Å². The van der Waals surface area contributed by atoms with Crippen LogP contribution < -0.4 is 10.6 Å². The predicted molar refractivity (Wildman–Crippen MR) is 112 cm³/mol. The lowest BCUT2D eigenvalue weighted by molar-refractivity contribution is 0.252.